The van der Waals surface area contributed by atoms with E-state index in [9.17, 15) is 4.79 Å². The topological polar surface area (TPSA) is 60.5 Å². The number of nitrogens with zero attached hydrogens (tertiary/aromatic N) is 1. The Hall–Kier alpha value is -2.86. The zero-order valence-electron chi connectivity index (χ0n) is 17.1. The van der Waals surface area contributed by atoms with E-state index in [1.165, 1.54) is 16.9 Å². The first kappa shape index (κ1) is 20.9. The highest BCUT2D eigenvalue weighted by Gasteiger charge is 2.10. The number of ether oxygens (including phenoxy) is 2. The van der Waals surface area contributed by atoms with Crippen LogP contribution < -0.4 is 14.8 Å². The quantitative estimate of drug-likeness (QED) is 0.514. The van der Waals surface area contributed by atoms with Gasteiger partial charge in [-0.3, -0.25) is 10.1 Å². The van der Waals surface area contributed by atoms with Crippen LogP contribution in [0.25, 0.3) is 11.3 Å². The van der Waals surface area contributed by atoms with Crippen molar-refractivity contribution in [3.05, 3.63) is 59.5 Å². The fourth-order valence-electron chi connectivity index (χ4n) is 2.69. The van der Waals surface area contributed by atoms with Crippen LogP contribution in [0.2, 0.25) is 0 Å². The van der Waals surface area contributed by atoms with Crippen molar-refractivity contribution >= 4 is 22.4 Å². The molecule has 0 unspecified atom stereocenters. The molecule has 0 aliphatic rings. The van der Waals surface area contributed by atoms with E-state index >= 15 is 0 Å². The Morgan fingerprint density at radius 3 is 2.28 bits per heavy atom. The summed E-state index contributed by atoms with van der Waals surface area (Å²) < 4.78 is 11.2. The lowest BCUT2D eigenvalue weighted by Crippen LogP contribution is -2.20. The van der Waals surface area contributed by atoms with Gasteiger partial charge in [0, 0.05) is 10.9 Å². The van der Waals surface area contributed by atoms with Gasteiger partial charge >= 0.3 is 0 Å². The second-order valence-electron chi connectivity index (χ2n) is 7.29. The minimum absolute atomic E-state index is 0.0584. The van der Waals surface area contributed by atoms with E-state index in [1.807, 2.05) is 67.8 Å². The maximum Gasteiger partial charge on any atom is 0.264 e. The zero-order chi connectivity index (χ0) is 20.8. The lowest BCUT2D eigenvalue weighted by Gasteiger charge is -2.09. The molecule has 0 aliphatic carbocycles. The Kier molecular flexibility index (Phi) is 6.88. The Labute approximate surface area is 175 Å². The maximum atomic E-state index is 12.2. The smallest absolute Gasteiger partial charge is 0.264 e. The second-order valence-corrected chi connectivity index (χ2v) is 8.15. The summed E-state index contributed by atoms with van der Waals surface area (Å²) in [6.45, 7) is 8.21. The van der Waals surface area contributed by atoms with Crippen LogP contribution in [-0.2, 0) is 4.79 Å². The molecular weight excluding hydrogens is 384 g/mol. The van der Waals surface area contributed by atoms with E-state index in [1.54, 1.807) is 0 Å². The normalized spacial score (nSPS) is 11.0. The van der Waals surface area contributed by atoms with Gasteiger partial charge in [0.2, 0.25) is 0 Å². The number of benzene rings is 2. The maximum absolute atomic E-state index is 12.2. The molecule has 0 bridgehead atoms. The Morgan fingerprint density at radius 2 is 1.66 bits per heavy atom. The molecule has 0 saturated carbocycles. The predicted octanol–water partition coefficient (Wildman–Crippen LogP) is 5.74. The molecule has 3 aromatic rings. The number of carbonyl (C=O) groups is 1. The molecule has 0 radical (unpaired) electrons. The van der Waals surface area contributed by atoms with E-state index < -0.39 is 0 Å². The molecule has 0 atom stereocenters. The van der Waals surface area contributed by atoms with Crippen molar-refractivity contribution < 1.29 is 14.3 Å². The fraction of sp³-hybridized carbons (Fsp3) is 0.304. The number of amides is 1. The summed E-state index contributed by atoms with van der Waals surface area (Å²) in [5.74, 6) is 1.73. The third kappa shape index (κ3) is 6.06. The van der Waals surface area contributed by atoms with Gasteiger partial charge in [0.1, 0.15) is 11.5 Å². The van der Waals surface area contributed by atoms with Gasteiger partial charge < -0.3 is 9.47 Å². The molecule has 0 saturated heterocycles. The van der Waals surface area contributed by atoms with Gasteiger partial charge in [-0.2, -0.15) is 0 Å². The third-order valence-electron chi connectivity index (χ3n) is 4.19. The SMILES string of the molecule is CC(C)Oc1ccc(-c2csc(NC(=O)COc3ccc(C(C)C)cc3)n2)cc1. The summed E-state index contributed by atoms with van der Waals surface area (Å²) in [7, 11) is 0. The van der Waals surface area contributed by atoms with Crippen LogP contribution in [-0.4, -0.2) is 23.6 Å². The second kappa shape index (κ2) is 9.56. The van der Waals surface area contributed by atoms with Crippen molar-refractivity contribution in [3.63, 3.8) is 0 Å². The van der Waals surface area contributed by atoms with Crippen molar-refractivity contribution in [3.8, 4) is 22.8 Å². The molecule has 5 nitrogen and oxygen atoms in total. The molecule has 1 aromatic heterocycles. The number of thiazole rings is 1. The number of hydrogen-bond donors (Lipinski definition) is 1. The van der Waals surface area contributed by atoms with Crippen LogP contribution in [0.3, 0.4) is 0 Å². The van der Waals surface area contributed by atoms with Gasteiger partial charge in [-0.1, -0.05) is 26.0 Å². The highest BCUT2D eigenvalue weighted by Crippen LogP contribution is 2.27. The first-order valence-electron chi connectivity index (χ1n) is 9.66. The fourth-order valence-corrected chi connectivity index (χ4v) is 3.43. The molecule has 3 rings (SSSR count). The first-order valence-corrected chi connectivity index (χ1v) is 10.5. The molecule has 29 heavy (non-hydrogen) atoms. The van der Waals surface area contributed by atoms with Crippen LogP contribution >= 0.6 is 11.3 Å². The van der Waals surface area contributed by atoms with Crippen molar-refractivity contribution in [1.82, 2.24) is 4.98 Å². The van der Waals surface area contributed by atoms with Gasteiger partial charge in [0.05, 0.1) is 11.8 Å². The van der Waals surface area contributed by atoms with Crippen LogP contribution in [0.4, 0.5) is 5.13 Å². The van der Waals surface area contributed by atoms with Gasteiger partial charge in [0.15, 0.2) is 11.7 Å². The van der Waals surface area contributed by atoms with Crippen molar-refractivity contribution in [1.29, 1.82) is 0 Å². The summed E-state index contributed by atoms with van der Waals surface area (Å²) in [6, 6.07) is 15.6. The number of hydrogen-bond acceptors (Lipinski definition) is 5. The molecule has 0 spiro atoms. The average Bonchev–Trinajstić information content (AvgIpc) is 3.15. The zero-order valence-corrected chi connectivity index (χ0v) is 18.0. The van der Waals surface area contributed by atoms with Crippen molar-refractivity contribution in [2.75, 3.05) is 11.9 Å². The van der Waals surface area contributed by atoms with Crippen LogP contribution in [0.5, 0.6) is 11.5 Å². The lowest BCUT2D eigenvalue weighted by molar-refractivity contribution is -0.118. The van der Waals surface area contributed by atoms with E-state index in [-0.39, 0.29) is 18.6 Å². The summed E-state index contributed by atoms with van der Waals surface area (Å²) in [6.07, 6.45) is 0.136. The number of rotatable bonds is 8. The molecular formula is C23H26N2O3S. The highest BCUT2D eigenvalue weighted by molar-refractivity contribution is 7.14. The molecule has 6 heteroatoms. The minimum Gasteiger partial charge on any atom is -0.491 e. The van der Waals surface area contributed by atoms with E-state index in [0.29, 0.717) is 16.8 Å². The Bertz CT molecular complexity index is 932. The van der Waals surface area contributed by atoms with Gasteiger partial charge in [-0.05, 0) is 61.7 Å². The summed E-state index contributed by atoms with van der Waals surface area (Å²) in [5, 5.41) is 5.25. The van der Waals surface area contributed by atoms with Crippen LogP contribution in [0.15, 0.2) is 53.9 Å². The Morgan fingerprint density at radius 1 is 1.00 bits per heavy atom. The van der Waals surface area contributed by atoms with E-state index in [4.69, 9.17) is 9.47 Å². The molecule has 2 aromatic carbocycles. The van der Waals surface area contributed by atoms with Gasteiger partial charge in [0.25, 0.3) is 5.91 Å². The highest BCUT2D eigenvalue weighted by atomic mass is 32.1. The summed E-state index contributed by atoms with van der Waals surface area (Å²) >= 11 is 1.38. The number of aromatic nitrogens is 1. The van der Waals surface area contributed by atoms with Gasteiger partial charge in [-0.15, -0.1) is 11.3 Å². The summed E-state index contributed by atoms with van der Waals surface area (Å²) in [4.78, 5) is 16.7. The largest absolute Gasteiger partial charge is 0.491 e. The van der Waals surface area contributed by atoms with Gasteiger partial charge in [-0.25, -0.2) is 4.98 Å². The molecule has 1 N–H and O–H groups in total. The van der Waals surface area contributed by atoms with Crippen molar-refractivity contribution in [2.45, 2.75) is 39.7 Å². The molecule has 1 heterocycles. The number of carbonyl (C=O) groups excluding carboxylic acids is 1. The van der Waals surface area contributed by atoms with Crippen LogP contribution in [0.1, 0.15) is 39.2 Å². The Balaban J connectivity index is 1.53. The monoisotopic (exact) mass is 410 g/mol. The third-order valence-corrected chi connectivity index (χ3v) is 4.95. The number of anilines is 1. The molecule has 0 fully saturated rings. The minimum atomic E-state index is -0.237. The van der Waals surface area contributed by atoms with E-state index in [2.05, 4.69) is 24.1 Å². The van der Waals surface area contributed by atoms with Crippen molar-refractivity contribution in [2.24, 2.45) is 0 Å². The first-order chi connectivity index (χ1) is 13.9. The number of nitrogens with one attached hydrogen (secondary N) is 1. The summed E-state index contributed by atoms with van der Waals surface area (Å²) in [5.41, 5.74) is 3.02. The lowest BCUT2D eigenvalue weighted by atomic mass is 10.0. The van der Waals surface area contributed by atoms with Crippen LogP contribution in [0, 0.1) is 0 Å². The van der Waals surface area contributed by atoms with E-state index in [0.717, 1.165) is 17.0 Å². The average molecular weight is 411 g/mol. The molecule has 1 amide bonds. The predicted molar refractivity (Wildman–Crippen MR) is 118 cm³/mol. The molecule has 0 aliphatic heterocycles. The standard InChI is InChI=1S/C23H26N2O3S/c1-15(2)17-5-9-19(10-6-17)27-13-22(26)25-23-24-21(14-29-23)18-7-11-20(12-8-18)28-16(3)4/h5-12,14-16H,13H2,1-4H3,(H,24,25,26). The molecule has 152 valence electrons.